The van der Waals surface area contributed by atoms with Crippen LogP contribution in [-0.2, 0) is 11.3 Å². The highest BCUT2D eigenvalue weighted by Crippen LogP contribution is 2.35. The van der Waals surface area contributed by atoms with E-state index >= 15 is 0 Å². The van der Waals surface area contributed by atoms with Crippen LogP contribution in [0.25, 0.3) is 0 Å². The molecule has 0 spiro atoms. The molecule has 7 heteroatoms. The molecular formula is C16H16Cl2N2O3. The fourth-order valence-corrected chi connectivity index (χ4v) is 2.45. The SMILES string of the molecule is CCOC(=O)N(O)Cc1ccc(Cl)c(Nc2ccccc2)c1Cl. The molecule has 2 aromatic carbocycles. The third-order valence-electron chi connectivity index (χ3n) is 3.01. The molecule has 0 radical (unpaired) electrons. The standard InChI is InChI=1S/C16H16Cl2N2O3/c1-2-23-16(21)20(22)10-11-8-9-13(17)15(14(11)18)19-12-6-4-3-5-7-12/h3-9,19,22H,2,10H2,1H3. The highest BCUT2D eigenvalue weighted by molar-refractivity contribution is 6.39. The van der Waals surface area contributed by atoms with Crippen LogP contribution in [0.4, 0.5) is 16.2 Å². The molecule has 0 saturated carbocycles. The van der Waals surface area contributed by atoms with Crippen molar-refractivity contribution in [2.24, 2.45) is 0 Å². The van der Waals surface area contributed by atoms with Crippen LogP contribution in [0.2, 0.25) is 10.0 Å². The van der Waals surface area contributed by atoms with Gasteiger partial charge in [0.1, 0.15) is 0 Å². The Labute approximate surface area is 144 Å². The Morgan fingerprint density at radius 2 is 1.91 bits per heavy atom. The molecule has 0 bridgehead atoms. The maximum atomic E-state index is 11.5. The largest absolute Gasteiger partial charge is 0.448 e. The topological polar surface area (TPSA) is 61.8 Å². The summed E-state index contributed by atoms with van der Waals surface area (Å²) in [6.07, 6.45) is -0.837. The molecular weight excluding hydrogens is 339 g/mol. The van der Waals surface area contributed by atoms with E-state index in [0.717, 1.165) is 5.69 Å². The predicted octanol–water partition coefficient (Wildman–Crippen LogP) is 5.08. The molecule has 0 aromatic heterocycles. The second kappa shape index (κ2) is 8.06. The van der Waals surface area contributed by atoms with Crippen molar-refractivity contribution in [2.75, 3.05) is 11.9 Å². The fraction of sp³-hybridized carbons (Fsp3) is 0.188. The summed E-state index contributed by atoms with van der Waals surface area (Å²) < 4.78 is 4.72. The summed E-state index contributed by atoms with van der Waals surface area (Å²) in [7, 11) is 0. The Kier molecular flexibility index (Phi) is 6.10. The number of para-hydroxylation sites is 1. The van der Waals surface area contributed by atoms with E-state index in [0.29, 0.717) is 26.4 Å². The van der Waals surface area contributed by atoms with Crippen LogP contribution in [0.5, 0.6) is 0 Å². The number of rotatable bonds is 5. The smallest absolute Gasteiger partial charge is 0.434 e. The number of ether oxygens (including phenoxy) is 1. The van der Waals surface area contributed by atoms with E-state index in [1.807, 2.05) is 30.3 Å². The van der Waals surface area contributed by atoms with Crippen molar-refractivity contribution in [3.05, 3.63) is 58.1 Å². The summed E-state index contributed by atoms with van der Waals surface area (Å²) in [5.41, 5.74) is 1.86. The van der Waals surface area contributed by atoms with Gasteiger partial charge in [0.15, 0.2) is 0 Å². The van der Waals surface area contributed by atoms with Gasteiger partial charge in [-0.25, -0.2) is 4.79 Å². The number of hydroxylamine groups is 2. The summed E-state index contributed by atoms with van der Waals surface area (Å²) in [6.45, 7) is 1.71. The van der Waals surface area contributed by atoms with Crippen LogP contribution in [0.1, 0.15) is 12.5 Å². The van der Waals surface area contributed by atoms with Gasteiger partial charge in [-0.05, 0) is 30.7 Å². The van der Waals surface area contributed by atoms with Gasteiger partial charge in [0.2, 0.25) is 0 Å². The summed E-state index contributed by atoms with van der Waals surface area (Å²) in [4.78, 5) is 11.5. The molecule has 0 atom stereocenters. The average molecular weight is 355 g/mol. The molecule has 0 fully saturated rings. The van der Waals surface area contributed by atoms with Crippen molar-refractivity contribution in [3.8, 4) is 0 Å². The van der Waals surface area contributed by atoms with Gasteiger partial charge in [-0.2, -0.15) is 5.06 Å². The minimum Gasteiger partial charge on any atom is -0.448 e. The first kappa shape index (κ1) is 17.4. The quantitative estimate of drug-likeness (QED) is 0.580. The number of hydrogen-bond donors (Lipinski definition) is 2. The van der Waals surface area contributed by atoms with Gasteiger partial charge in [0, 0.05) is 5.69 Å². The number of nitrogens with one attached hydrogen (secondary N) is 1. The van der Waals surface area contributed by atoms with E-state index in [-0.39, 0.29) is 13.2 Å². The molecule has 2 N–H and O–H groups in total. The van der Waals surface area contributed by atoms with Crippen molar-refractivity contribution in [2.45, 2.75) is 13.5 Å². The second-order valence-corrected chi connectivity index (χ2v) is 5.43. The van der Waals surface area contributed by atoms with Crippen LogP contribution in [0.15, 0.2) is 42.5 Å². The first-order valence-electron chi connectivity index (χ1n) is 6.95. The second-order valence-electron chi connectivity index (χ2n) is 4.64. The van der Waals surface area contributed by atoms with Crippen molar-refractivity contribution in [1.29, 1.82) is 0 Å². The Balaban J connectivity index is 2.23. The van der Waals surface area contributed by atoms with Gasteiger partial charge < -0.3 is 10.1 Å². The van der Waals surface area contributed by atoms with E-state index in [1.165, 1.54) is 0 Å². The lowest BCUT2D eigenvalue weighted by molar-refractivity contribution is -0.0800. The van der Waals surface area contributed by atoms with E-state index < -0.39 is 6.09 Å². The van der Waals surface area contributed by atoms with Crippen molar-refractivity contribution in [1.82, 2.24) is 5.06 Å². The molecule has 2 aromatic rings. The molecule has 0 aliphatic carbocycles. The lowest BCUT2D eigenvalue weighted by Crippen LogP contribution is -2.27. The van der Waals surface area contributed by atoms with Gasteiger partial charge in [0.05, 0.1) is 28.9 Å². The van der Waals surface area contributed by atoms with E-state index in [4.69, 9.17) is 27.9 Å². The number of benzene rings is 2. The third kappa shape index (κ3) is 4.51. The average Bonchev–Trinajstić information content (AvgIpc) is 2.55. The first-order valence-corrected chi connectivity index (χ1v) is 7.70. The van der Waals surface area contributed by atoms with Crippen molar-refractivity contribution < 1.29 is 14.7 Å². The maximum Gasteiger partial charge on any atom is 0.434 e. The number of anilines is 2. The van der Waals surface area contributed by atoms with Crippen molar-refractivity contribution in [3.63, 3.8) is 0 Å². The summed E-state index contributed by atoms with van der Waals surface area (Å²) in [5.74, 6) is 0. The zero-order valence-electron chi connectivity index (χ0n) is 12.4. The number of halogens is 2. The third-order valence-corrected chi connectivity index (χ3v) is 3.76. The summed E-state index contributed by atoms with van der Waals surface area (Å²) in [5, 5.41) is 14.1. The molecule has 1 amide bonds. The van der Waals surface area contributed by atoms with Crippen molar-refractivity contribution >= 4 is 40.7 Å². The Bertz CT molecular complexity index is 681. The molecule has 122 valence electrons. The monoisotopic (exact) mass is 354 g/mol. The molecule has 0 heterocycles. The Morgan fingerprint density at radius 3 is 2.57 bits per heavy atom. The number of hydrogen-bond acceptors (Lipinski definition) is 4. The minimum atomic E-state index is -0.837. The Hall–Kier alpha value is -1.95. The predicted molar refractivity (Wildman–Crippen MR) is 90.5 cm³/mol. The van der Waals surface area contributed by atoms with Crippen LogP contribution in [0, 0.1) is 0 Å². The van der Waals surface area contributed by atoms with Crippen LogP contribution in [-0.4, -0.2) is 23.0 Å². The molecule has 0 unspecified atom stereocenters. The normalized spacial score (nSPS) is 10.3. The number of amides is 1. The molecule has 0 aliphatic heterocycles. The van der Waals surface area contributed by atoms with Crippen LogP contribution < -0.4 is 5.32 Å². The highest BCUT2D eigenvalue weighted by Gasteiger charge is 2.17. The van der Waals surface area contributed by atoms with Gasteiger partial charge in [-0.1, -0.05) is 47.5 Å². The van der Waals surface area contributed by atoms with Gasteiger partial charge in [-0.3, -0.25) is 5.21 Å². The van der Waals surface area contributed by atoms with Gasteiger partial charge in [-0.15, -0.1) is 0 Å². The van der Waals surface area contributed by atoms with E-state index in [1.54, 1.807) is 19.1 Å². The van der Waals surface area contributed by atoms with E-state index in [9.17, 15) is 10.0 Å². The van der Waals surface area contributed by atoms with Crippen LogP contribution >= 0.6 is 23.2 Å². The highest BCUT2D eigenvalue weighted by atomic mass is 35.5. The first-order chi connectivity index (χ1) is 11.0. The Morgan fingerprint density at radius 1 is 1.22 bits per heavy atom. The van der Waals surface area contributed by atoms with Gasteiger partial charge >= 0.3 is 6.09 Å². The van der Waals surface area contributed by atoms with E-state index in [2.05, 4.69) is 5.32 Å². The van der Waals surface area contributed by atoms with Gasteiger partial charge in [0.25, 0.3) is 0 Å². The molecule has 23 heavy (non-hydrogen) atoms. The number of nitrogens with zero attached hydrogens (tertiary/aromatic N) is 1. The number of carbonyl (C=O) groups is 1. The molecule has 5 nitrogen and oxygen atoms in total. The zero-order chi connectivity index (χ0) is 16.8. The summed E-state index contributed by atoms with van der Waals surface area (Å²) >= 11 is 12.5. The minimum absolute atomic E-state index is 0.113. The molecule has 0 saturated heterocycles. The van der Waals surface area contributed by atoms with Crippen LogP contribution in [0.3, 0.4) is 0 Å². The number of carbonyl (C=O) groups excluding carboxylic acids is 1. The lowest BCUT2D eigenvalue weighted by atomic mass is 10.2. The summed E-state index contributed by atoms with van der Waals surface area (Å²) in [6, 6.07) is 12.7. The fourth-order valence-electron chi connectivity index (χ4n) is 1.92. The molecule has 0 aliphatic rings. The zero-order valence-corrected chi connectivity index (χ0v) is 13.9. The maximum absolute atomic E-state index is 11.5. The lowest BCUT2D eigenvalue weighted by Gasteiger charge is -2.18. The molecule has 2 rings (SSSR count).